The van der Waals surface area contributed by atoms with Gasteiger partial charge < -0.3 is 4.57 Å². The summed E-state index contributed by atoms with van der Waals surface area (Å²) in [4.78, 5) is 8.49. The molecule has 19 heavy (non-hydrogen) atoms. The first-order chi connectivity index (χ1) is 9.38. The fourth-order valence-corrected chi connectivity index (χ4v) is 3.42. The Morgan fingerprint density at radius 2 is 2.11 bits per heavy atom. The number of rotatable bonds is 4. The molecule has 2 aromatic heterocycles. The predicted molar refractivity (Wildman–Crippen MR) is 78.3 cm³/mol. The van der Waals surface area contributed by atoms with Crippen LogP contribution in [0.2, 0.25) is 0 Å². The van der Waals surface area contributed by atoms with Gasteiger partial charge in [-0.05, 0) is 18.4 Å². The van der Waals surface area contributed by atoms with Crippen molar-refractivity contribution in [3.8, 4) is 0 Å². The number of hydrogen-bond donors (Lipinski definition) is 0. The molecular weight excluding hydrogens is 258 g/mol. The number of halogens is 1. The molecule has 0 amide bonds. The molecule has 3 nitrogen and oxygen atoms in total. The van der Waals surface area contributed by atoms with E-state index < -0.39 is 0 Å². The van der Waals surface area contributed by atoms with Crippen LogP contribution in [0.3, 0.4) is 0 Å². The van der Waals surface area contributed by atoms with Crippen LogP contribution in [0, 0.1) is 5.92 Å². The van der Waals surface area contributed by atoms with E-state index in [9.17, 15) is 0 Å². The summed E-state index contributed by atoms with van der Waals surface area (Å²) >= 11 is 6.06. The minimum absolute atomic E-state index is 0.543. The molecule has 0 unspecified atom stereocenters. The van der Waals surface area contributed by atoms with Gasteiger partial charge in [-0.3, -0.25) is 0 Å². The molecule has 4 heteroatoms. The van der Waals surface area contributed by atoms with Crippen molar-refractivity contribution in [2.75, 3.05) is 0 Å². The Kier molecular flexibility index (Phi) is 4.02. The largest absolute Gasteiger partial charge is 0.328 e. The third kappa shape index (κ3) is 2.76. The SMILES string of the molecule is ClCc1cc2cncnc2n1CCC1CCCCC1. The molecule has 1 aliphatic carbocycles. The van der Waals surface area contributed by atoms with E-state index >= 15 is 0 Å². The first kappa shape index (κ1) is 12.9. The number of nitrogens with zero attached hydrogens (tertiary/aromatic N) is 3. The van der Waals surface area contributed by atoms with Crippen molar-refractivity contribution in [3.05, 3.63) is 24.3 Å². The summed E-state index contributed by atoms with van der Waals surface area (Å²) < 4.78 is 2.28. The first-order valence-electron chi connectivity index (χ1n) is 7.22. The highest BCUT2D eigenvalue weighted by Gasteiger charge is 2.15. The van der Waals surface area contributed by atoms with Crippen LogP contribution in [0.4, 0.5) is 0 Å². The molecule has 2 aromatic rings. The van der Waals surface area contributed by atoms with Crippen molar-refractivity contribution in [1.82, 2.24) is 14.5 Å². The Bertz CT molecular complexity index is 543. The lowest BCUT2D eigenvalue weighted by Crippen LogP contribution is -2.11. The summed E-state index contributed by atoms with van der Waals surface area (Å²) in [6.07, 6.45) is 11.8. The minimum Gasteiger partial charge on any atom is -0.328 e. The molecule has 1 aliphatic rings. The molecular formula is C15H20ClN3. The summed E-state index contributed by atoms with van der Waals surface area (Å²) in [5.41, 5.74) is 2.19. The lowest BCUT2D eigenvalue weighted by atomic mass is 9.87. The van der Waals surface area contributed by atoms with E-state index in [4.69, 9.17) is 11.6 Å². The molecule has 0 aromatic carbocycles. The molecule has 0 atom stereocenters. The highest BCUT2D eigenvalue weighted by atomic mass is 35.5. The van der Waals surface area contributed by atoms with Crippen LogP contribution in [0.5, 0.6) is 0 Å². The Morgan fingerprint density at radius 1 is 1.26 bits per heavy atom. The van der Waals surface area contributed by atoms with E-state index in [1.165, 1.54) is 38.5 Å². The predicted octanol–water partition coefficient (Wildman–Crippen LogP) is 4.14. The van der Waals surface area contributed by atoms with Crippen LogP contribution in [0.1, 0.15) is 44.2 Å². The van der Waals surface area contributed by atoms with Gasteiger partial charge in [0, 0.05) is 23.8 Å². The first-order valence-corrected chi connectivity index (χ1v) is 7.76. The molecule has 1 saturated carbocycles. The van der Waals surface area contributed by atoms with Crippen LogP contribution in [0.15, 0.2) is 18.6 Å². The van der Waals surface area contributed by atoms with Gasteiger partial charge in [-0.1, -0.05) is 32.1 Å². The van der Waals surface area contributed by atoms with Crippen molar-refractivity contribution in [2.45, 2.75) is 50.9 Å². The van der Waals surface area contributed by atoms with Crippen LogP contribution >= 0.6 is 11.6 Å². The van der Waals surface area contributed by atoms with Gasteiger partial charge in [-0.15, -0.1) is 11.6 Å². The van der Waals surface area contributed by atoms with Crippen molar-refractivity contribution in [1.29, 1.82) is 0 Å². The smallest absolute Gasteiger partial charge is 0.143 e. The molecule has 0 bridgehead atoms. The van der Waals surface area contributed by atoms with E-state index in [0.29, 0.717) is 5.88 Å². The van der Waals surface area contributed by atoms with E-state index in [-0.39, 0.29) is 0 Å². The molecule has 0 N–H and O–H groups in total. The summed E-state index contributed by atoms with van der Waals surface area (Å²) in [5, 5.41) is 1.10. The quantitative estimate of drug-likeness (QED) is 0.787. The Morgan fingerprint density at radius 3 is 2.89 bits per heavy atom. The van der Waals surface area contributed by atoms with Gasteiger partial charge in [0.2, 0.25) is 0 Å². The fourth-order valence-electron chi connectivity index (χ4n) is 3.20. The summed E-state index contributed by atoms with van der Waals surface area (Å²) in [6.45, 7) is 1.03. The second-order valence-corrected chi connectivity index (χ2v) is 5.78. The number of fused-ring (bicyclic) bond motifs is 1. The maximum absolute atomic E-state index is 6.06. The Balaban J connectivity index is 1.78. The van der Waals surface area contributed by atoms with Crippen LogP contribution in [-0.4, -0.2) is 14.5 Å². The van der Waals surface area contributed by atoms with Crippen molar-refractivity contribution >= 4 is 22.6 Å². The second-order valence-electron chi connectivity index (χ2n) is 5.52. The normalized spacial score (nSPS) is 17.1. The summed E-state index contributed by atoms with van der Waals surface area (Å²) in [7, 11) is 0. The van der Waals surface area contributed by atoms with Gasteiger partial charge in [0.05, 0.1) is 5.88 Å². The van der Waals surface area contributed by atoms with E-state index in [0.717, 1.165) is 29.2 Å². The monoisotopic (exact) mass is 277 g/mol. The standard InChI is InChI=1S/C15H20ClN3/c16-9-14-8-13-10-17-11-18-15(13)19(14)7-6-12-4-2-1-3-5-12/h8,10-12H,1-7,9H2. The maximum atomic E-state index is 6.06. The molecule has 0 spiro atoms. The number of aryl methyl sites for hydroxylation is 1. The van der Waals surface area contributed by atoms with Crippen LogP contribution < -0.4 is 0 Å². The summed E-state index contributed by atoms with van der Waals surface area (Å²) in [5.74, 6) is 1.43. The highest BCUT2D eigenvalue weighted by Crippen LogP contribution is 2.28. The number of alkyl halides is 1. The van der Waals surface area contributed by atoms with Crippen LogP contribution in [-0.2, 0) is 12.4 Å². The van der Waals surface area contributed by atoms with E-state index in [1.807, 2.05) is 6.20 Å². The molecule has 1 fully saturated rings. The van der Waals surface area contributed by atoms with Gasteiger partial charge >= 0.3 is 0 Å². The molecule has 0 aliphatic heterocycles. The van der Waals surface area contributed by atoms with Gasteiger partial charge in [0.25, 0.3) is 0 Å². The van der Waals surface area contributed by atoms with Crippen molar-refractivity contribution < 1.29 is 0 Å². The zero-order chi connectivity index (χ0) is 13.1. The molecule has 0 saturated heterocycles. The second kappa shape index (κ2) is 5.91. The Hall–Kier alpha value is -1.09. The Labute approximate surface area is 119 Å². The van der Waals surface area contributed by atoms with Gasteiger partial charge in [0.15, 0.2) is 0 Å². The third-order valence-corrected chi connectivity index (χ3v) is 4.54. The average Bonchev–Trinajstić information content (AvgIpc) is 2.84. The zero-order valence-corrected chi connectivity index (χ0v) is 11.9. The van der Waals surface area contributed by atoms with Gasteiger partial charge in [0.1, 0.15) is 12.0 Å². The van der Waals surface area contributed by atoms with Gasteiger partial charge in [-0.25, -0.2) is 9.97 Å². The van der Waals surface area contributed by atoms with Crippen molar-refractivity contribution in [2.24, 2.45) is 5.92 Å². The number of aromatic nitrogens is 3. The van der Waals surface area contributed by atoms with E-state index in [2.05, 4.69) is 20.6 Å². The topological polar surface area (TPSA) is 30.7 Å². The zero-order valence-electron chi connectivity index (χ0n) is 11.2. The lowest BCUT2D eigenvalue weighted by molar-refractivity contribution is 0.324. The third-order valence-electron chi connectivity index (χ3n) is 4.27. The lowest BCUT2D eigenvalue weighted by Gasteiger charge is -2.22. The molecule has 2 heterocycles. The summed E-state index contributed by atoms with van der Waals surface area (Å²) in [6, 6.07) is 2.11. The molecule has 3 rings (SSSR count). The molecule has 102 valence electrons. The van der Waals surface area contributed by atoms with Crippen molar-refractivity contribution in [3.63, 3.8) is 0 Å². The fraction of sp³-hybridized carbons (Fsp3) is 0.600. The molecule has 0 radical (unpaired) electrons. The van der Waals surface area contributed by atoms with Crippen LogP contribution in [0.25, 0.3) is 11.0 Å². The minimum atomic E-state index is 0.543. The van der Waals surface area contributed by atoms with E-state index in [1.54, 1.807) is 6.33 Å². The number of hydrogen-bond acceptors (Lipinski definition) is 2. The maximum Gasteiger partial charge on any atom is 0.143 e. The average molecular weight is 278 g/mol. The van der Waals surface area contributed by atoms with Gasteiger partial charge in [-0.2, -0.15) is 0 Å². The highest BCUT2D eigenvalue weighted by molar-refractivity contribution is 6.17.